The lowest BCUT2D eigenvalue weighted by Gasteiger charge is -2.12. The molecule has 0 aliphatic carbocycles. The standard InChI is InChI=1S/C21H23N3O/c1-4-9-19-18(14-22-24(19)17-12-6-5-7-13-17)21(25)23-20-15(2)10-8-11-16(20)3/h5-8,10-14H,4,9H2,1-3H3,(H,23,25). The average molecular weight is 333 g/mol. The fourth-order valence-corrected chi connectivity index (χ4v) is 3.03. The molecule has 1 aromatic heterocycles. The predicted molar refractivity (Wildman–Crippen MR) is 101 cm³/mol. The van der Waals surface area contributed by atoms with Crippen molar-refractivity contribution in [2.45, 2.75) is 33.6 Å². The van der Waals surface area contributed by atoms with Crippen molar-refractivity contribution < 1.29 is 4.79 Å². The maximum Gasteiger partial charge on any atom is 0.259 e. The van der Waals surface area contributed by atoms with E-state index in [1.54, 1.807) is 6.20 Å². The van der Waals surface area contributed by atoms with Crippen LogP contribution in [-0.4, -0.2) is 15.7 Å². The topological polar surface area (TPSA) is 46.9 Å². The van der Waals surface area contributed by atoms with Crippen molar-refractivity contribution in [1.29, 1.82) is 0 Å². The lowest BCUT2D eigenvalue weighted by molar-refractivity contribution is 0.102. The van der Waals surface area contributed by atoms with Gasteiger partial charge in [0, 0.05) is 5.69 Å². The smallest absolute Gasteiger partial charge is 0.259 e. The molecule has 0 atom stereocenters. The molecule has 3 rings (SSSR count). The van der Waals surface area contributed by atoms with Gasteiger partial charge in [-0.15, -0.1) is 0 Å². The van der Waals surface area contributed by atoms with E-state index in [0.717, 1.165) is 41.0 Å². The van der Waals surface area contributed by atoms with Crippen LogP contribution in [0, 0.1) is 13.8 Å². The second kappa shape index (κ2) is 7.34. The van der Waals surface area contributed by atoms with E-state index < -0.39 is 0 Å². The molecule has 0 spiro atoms. The van der Waals surface area contributed by atoms with Gasteiger partial charge in [0.25, 0.3) is 5.91 Å². The number of anilines is 1. The molecule has 2 aromatic carbocycles. The summed E-state index contributed by atoms with van der Waals surface area (Å²) in [4.78, 5) is 12.9. The summed E-state index contributed by atoms with van der Waals surface area (Å²) < 4.78 is 1.86. The van der Waals surface area contributed by atoms with Gasteiger partial charge in [-0.2, -0.15) is 5.10 Å². The summed E-state index contributed by atoms with van der Waals surface area (Å²) in [6.45, 7) is 6.11. The lowest BCUT2D eigenvalue weighted by Crippen LogP contribution is -2.16. The molecule has 1 N–H and O–H groups in total. The van der Waals surface area contributed by atoms with Crippen molar-refractivity contribution >= 4 is 11.6 Å². The van der Waals surface area contributed by atoms with E-state index in [1.807, 2.05) is 67.1 Å². The van der Waals surface area contributed by atoms with Gasteiger partial charge >= 0.3 is 0 Å². The Balaban J connectivity index is 1.97. The SMILES string of the molecule is CCCc1c(C(=O)Nc2c(C)cccc2C)cnn1-c1ccccc1. The molecule has 0 aliphatic heterocycles. The first-order valence-corrected chi connectivity index (χ1v) is 8.61. The van der Waals surface area contributed by atoms with Crippen LogP contribution >= 0.6 is 0 Å². The van der Waals surface area contributed by atoms with Gasteiger partial charge in [0.15, 0.2) is 0 Å². The highest BCUT2D eigenvalue weighted by molar-refractivity contribution is 6.05. The van der Waals surface area contributed by atoms with Gasteiger partial charge in [0.05, 0.1) is 23.1 Å². The lowest BCUT2D eigenvalue weighted by atomic mass is 10.1. The summed E-state index contributed by atoms with van der Waals surface area (Å²) in [6.07, 6.45) is 3.41. The predicted octanol–water partition coefficient (Wildman–Crippen LogP) is 4.69. The zero-order valence-electron chi connectivity index (χ0n) is 14.9. The minimum absolute atomic E-state index is 0.108. The summed E-state index contributed by atoms with van der Waals surface area (Å²) in [6, 6.07) is 15.9. The number of hydrogen-bond donors (Lipinski definition) is 1. The minimum Gasteiger partial charge on any atom is -0.321 e. The highest BCUT2D eigenvalue weighted by Gasteiger charge is 2.19. The third-order valence-corrected chi connectivity index (χ3v) is 4.32. The maximum atomic E-state index is 12.9. The maximum absolute atomic E-state index is 12.9. The minimum atomic E-state index is -0.108. The summed E-state index contributed by atoms with van der Waals surface area (Å²) in [5.74, 6) is -0.108. The summed E-state index contributed by atoms with van der Waals surface area (Å²) >= 11 is 0. The summed E-state index contributed by atoms with van der Waals surface area (Å²) in [5.41, 5.74) is 5.53. The van der Waals surface area contributed by atoms with Gasteiger partial charge in [0.1, 0.15) is 0 Å². The second-order valence-electron chi connectivity index (χ2n) is 6.22. The molecular weight excluding hydrogens is 310 g/mol. The fourth-order valence-electron chi connectivity index (χ4n) is 3.03. The first kappa shape index (κ1) is 17.0. The van der Waals surface area contributed by atoms with Crippen molar-refractivity contribution in [2.75, 3.05) is 5.32 Å². The van der Waals surface area contributed by atoms with E-state index in [2.05, 4.69) is 17.3 Å². The number of carbonyl (C=O) groups is 1. The molecule has 0 radical (unpaired) electrons. The number of carbonyl (C=O) groups excluding carboxylic acids is 1. The molecule has 3 aromatic rings. The number of hydrogen-bond acceptors (Lipinski definition) is 2. The first-order chi connectivity index (χ1) is 12.1. The molecule has 0 saturated heterocycles. The van der Waals surface area contributed by atoms with Crippen LogP contribution in [0.15, 0.2) is 54.7 Å². The molecule has 0 aliphatic rings. The second-order valence-corrected chi connectivity index (χ2v) is 6.22. The molecule has 0 bridgehead atoms. The first-order valence-electron chi connectivity index (χ1n) is 8.61. The van der Waals surface area contributed by atoms with E-state index in [1.165, 1.54) is 0 Å². The van der Waals surface area contributed by atoms with Gasteiger partial charge < -0.3 is 5.32 Å². The van der Waals surface area contributed by atoms with Gasteiger partial charge in [0.2, 0.25) is 0 Å². The van der Waals surface area contributed by atoms with Gasteiger partial charge in [-0.25, -0.2) is 4.68 Å². The van der Waals surface area contributed by atoms with E-state index in [-0.39, 0.29) is 5.91 Å². The average Bonchev–Trinajstić information content (AvgIpc) is 3.03. The van der Waals surface area contributed by atoms with Gasteiger partial charge in [-0.1, -0.05) is 49.7 Å². The molecule has 1 heterocycles. The van der Waals surface area contributed by atoms with Crippen molar-refractivity contribution in [1.82, 2.24) is 9.78 Å². The highest BCUT2D eigenvalue weighted by Crippen LogP contribution is 2.22. The number of rotatable bonds is 5. The number of benzene rings is 2. The Bertz CT molecular complexity index is 861. The van der Waals surface area contributed by atoms with Crippen molar-refractivity contribution in [3.05, 3.63) is 77.1 Å². The van der Waals surface area contributed by atoms with Crippen LogP contribution in [0.5, 0.6) is 0 Å². The molecule has 25 heavy (non-hydrogen) atoms. The van der Waals surface area contributed by atoms with E-state index in [9.17, 15) is 4.79 Å². The molecule has 0 unspecified atom stereocenters. The van der Waals surface area contributed by atoms with E-state index in [4.69, 9.17) is 0 Å². The molecule has 4 heteroatoms. The quantitative estimate of drug-likeness (QED) is 0.736. The molecule has 1 amide bonds. The fraction of sp³-hybridized carbons (Fsp3) is 0.238. The third-order valence-electron chi connectivity index (χ3n) is 4.32. The highest BCUT2D eigenvalue weighted by atomic mass is 16.1. The van der Waals surface area contributed by atoms with Crippen molar-refractivity contribution in [3.8, 4) is 5.69 Å². The van der Waals surface area contributed by atoms with Crippen LogP contribution in [0.4, 0.5) is 5.69 Å². The molecular formula is C21H23N3O. The molecule has 0 saturated carbocycles. The number of para-hydroxylation sites is 2. The Morgan fingerprint density at radius 1 is 1.04 bits per heavy atom. The van der Waals surface area contributed by atoms with Crippen LogP contribution in [0.1, 0.15) is 40.5 Å². The Hall–Kier alpha value is -2.88. The third kappa shape index (κ3) is 3.48. The van der Waals surface area contributed by atoms with Crippen molar-refractivity contribution in [3.63, 3.8) is 0 Å². The number of nitrogens with zero attached hydrogens (tertiary/aromatic N) is 2. The molecule has 4 nitrogen and oxygen atoms in total. The number of aryl methyl sites for hydroxylation is 2. The zero-order valence-corrected chi connectivity index (χ0v) is 14.9. The van der Waals surface area contributed by atoms with Crippen LogP contribution in [-0.2, 0) is 6.42 Å². The summed E-state index contributed by atoms with van der Waals surface area (Å²) in [7, 11) is 0. The Morgan fingerprint density at radius 3 is 2.36 bits per heavy atom. The monoisotopic (exact) mass is 333 g/mol. The largest absolute Gasteiger partial charge is 0.321 e. The van der Waals surface area contributed by atoms with Crippen LogP contribution in [0.25, 0.3) is 5.69 Å². The van der Waals surface area contributed by atoms with E-state index in [0.29, 0.717) is 5.56 Å². The Morgan fingerprint density at radius 2 is 1.72 bits per heavy atom. The number of nitrogens with one attached hydrogen (secondary N) is 1. The Labute approximate surface area is 148 Å². The molecule has 0 fully saturated rings. The van der Waals surface area contributed by atoms with Crippen LogP contribution in [0.2, 0.25) is 0 Å². The van der Waals surface area contributed by atoms with Gasteiger partial charge in [-0.3, -0.25) is 4.79 Å². The van der Waals surface area contributed by atoms with Crippen LogP contribution in [0.3, 0.4) is 0 Å². The molecule has 128 valence electrons. The summed E-state index contributed by atoms with van der Waals surface area (Å²) in [5, 5.41) is 7.53. The normalized spacial score (nSPS) is 10.7. The van der Waals surface area contributed by atoms with Gasteiger partial charge in [-0.05, 0) is 43.5 Å². The van der Waals surface area contributed by atoms with Crippen molar-refractivity contribution in [2.24, 2.45) is 0 Å². The van der Waals surface area contributed by atoms with Crippen LogP contribution < -0.4 is 5.32 Å². The Kier molecular flexibility index (Phi) is 4.98. The van der Waals surface area contributed by atoms with E-state index >= 15 is 0 Å². The zero-order chi connectivity index (χ0) is 17.8. The number of aromatic nitrogens is 2. The number of amides is 1.